The van der Waals surface area contributed by atoms with E-state index in [0.29, 0.717) is 0 Å². The average Bonchev–Trinajstić information content (AvgIpc) is 2.52. The molecule has 0 aliphatic rings. The maximum atomic E-state index is 13.2. The third-order valence-corrected chi connectivity index (χ3v) is 2.32. The maximum Gasteiger partial charge on any atom is 0.356 e. The van der Waals surface area contributed by atoms with E-state index in [1.165, 1.54) is 0 Å². The summed E-state index contributed by atoms with van der Waals surface area (Å²) in [5.74, 6) is 0. The van der Waals surface area contributed by atoms with E-state index in [2.05, 4.69) is 9.97 Å². The van der Waals surface area contributed by atoms with Crippen molar-refractivity contribution in [1.82, 2.24) is 14.8 Å². The standard InChI is InChI=1S/C10H6FN3O/c11-14-8-5-6-3-1-2-4-7(6)12-9(8)13-10(14)15/h1-5H,(H,12,13,15). The lowest BCUT2D eigenvalue weighted by atomic mass is 10.2. The molecule has 4 nitrogen and oxygen atoms in total. The Morgan fingerprint density at radius 3 is 3.00 bits per heavy atom. The molecular weight excluding hydrogens is 197 g/mol. The minimum absolute atomic E-state index is 0.0643. The molecule has 2 aromatic heterocycles. The highest BCUT2D eigenvalue weighted by Crippen LogP contribution is 2.16. The van der Waals surface area contributed by atoms with E-state index in [-0.39, 0.29) is 16.0 Å². The first-order valence-corrected chi connectivity index (χ1v) is 4.42. The summed E-state index contributed by atoms with van der Waals surface area (Å²) in [6, 6.07) is 8.90. The molecule has 0 aliphatic carbocycles. The Balaban J connectivity index is 2.58. The summed E-state index contributed by atoms with van der Waals surface area (Å²) in [7, 11) is 0. The fourth-order valence-corrected chi connectivity index (χ4v) is 1.61. The Labute approximate surface area is 82.9 Å². The van der Waals surface area contributed by atoms with Crippen molar-refractivity contribution >= 4 is 22.1 Å². The molecule has 5 heteroatoms. The molecule has 1 aromatic carbocycles. The molecule has 0 atom stereocenters. The molecule has 3 aromatic rings. The molecule has 15 heavy (non-hydrogen) atoms. The Bertz CT molecular complexity index is 713. The van der Waals surface area contributed by atoms with Crippen LogP contribution < -0.4 is 5.69 Å². The predicted molar refractivity (Wildman–Crippen MR) is 54.4 cm³/mol. The number of aromatic amines is 1. The van der Waals surface area contributed by atoms with E-state index in [4.69, 9.17) is 0 Å². The number of pyridine rings is 1. The molecule has 0 spiro atoms. The molecule has 1 N–H and O–H groups in total. The Morgan fingerprint density at radius 1 is 1.33 bits per heavy atom. The van der Waals surface area contributed by atoms with Crippen molar-refractivity contribution in [1.29, 1.82) is 0 Å². The Hall–Kier alpha value is -2.17. The highest BCUT2D eigenvalue weighted by atomic mass is 19.2. The third-order valence-electron chi connectivity index (χ3n) is 2.32. The van der Waals surface area contributed by atoms with E-state index in [1.807, 2.05) is 24.3 Å². The van der Waals surface area contributed by atoms with Gasteiger partial charge in [0.05, 0.1) is 5.52 Å². The highest BCUT2D eigenvalue weighted by Gasteiger charge is 2.07. The molecule has 3 rings (SSSR count). The van der Waals surface area contributed by atoms with Crippen LogP contribution in [0, 0.1) is 0 Å². The Kier molecular flexibility index (Phi) is 1.45. The van der Waals surface area contributed by atoms with E-state index < -0.39 is 5.69 Å². The van der Waals surface area contributed by atoms with Gasteiger partial charge in [-0.3, -0.25) is 4.98 Å². The van der Waals surface area contributed by atoms with Crippen LogP contribution in [0.1, 0.15) is 0 Å². The maximum absolute atomic E-state index is 13.2. The van der Waals surface area contributed by atoms with Gasteiger partial charge in [0.2, 0.25) is 0 Å². The van der Waals surface area contributed by atoms with Crippen molar-refractivity contribution < 1.29 is 4.48 Å². The fraction of sp³-hybridized carbons (Fsp3) is 0. The van der Waals surface area contributed by atoms with Crippen molar-refractivity contribution in [3.63, 3.8) is 0 Å². The van der Waals surface area contributed by atoms with Crippen LogP contribution in [-0.4, -0.2) is 14.8 Å². The topological polar surface area (TPSA) is 50.7 Å². The second kappa shape index (κ2) is 2.66. The molecular formula is C10H6FN3O. The predicted octanol–water partition coefficient (Wildman–Crippen LogP) is 1.61. The first kappa shape index (κ1) is 8.16. The first-order chi connectivity index (χ1) is 7.25. The molecule has 0 fully saturated rings. The molecule has 0 amide bonds. The highest BCUT2D eigenvalue weighted by molar-refractivity contribution is 5.89. The summed E-state index contributed by atoms with van der Waals surface area (Å²) >= 11 is 0. The zero-order valence-corrected chi connectivity index (χ0v) is 7.57. The number of benzene rings is 1. The van der Waals surface area contributed by atoms with Crippen LogP contribution in [0.5, 0.6) is 0 Å². The molecule has 0 saturated heterocycles. The second-order valence-electron chi connectivity index (χ2n) is 3.26. The summed E-state index contributed by atoms with van der Waals surface area (Å²) in [6.45, 7) is 0. The van der Waals surface area contributed by atoms with Gasteiger partial charge >= 0.3 is 5.69 Å². The molecule has 2 heterocycles. The van der Waals surface area contributed by atoms with Gasteiger partial charge in [-0.2, -0.15) is 0 Å². The van der Waals surface area contributed by atoms with E-state index in [1.54, 1.807) is 6.07 Å². The van der Waals surface area contributed by atoms with E-state index >= 15 is 0 Å². The zero-order valence-electron chi connectivity index (χ0n) is 7.57. The van der Waals surface area contributed by atoms with Gasteiger partial charge in [0, 0.05) is 5.39 Å². The number of rotatable bonds is 0. The zero-order chi connectivity index (χ0) is 10.4. The third kappa shape index (κ3) is 1.06. The minimum Gasteiger partial charge on any atom is -0.288 e. The monoisotopic (exact) mass is 203 g/mol. The number of aromatic nitrogens is 3. The smallest absolute Gasteiger partial charge is 0.288 e. The number of hydrogen-bond donors (Lipinski definition) is 1. The van der Waals surface area contributed by atoms with Gasteiger partial charge in [-0.1, -0.05) is 22.7 Å². The molecule has 0 radical (unpaired) electrons. The van der Waals surface area contributed by atoms with Crippen LogP contribution in [0.2, 0.25) is 0 Å². The van der Waals surface area contributed by atoms with Crippen LogP contribution in [0.4, 0.5) is 4.48 Å². The summed E-state index contributed by atoms with van der Waals surface area (Å²) in [4.78, 5) is 17.6. The van der Waals surface area contributed by atoms with Gasteiger partial charge in [0.25, 0.3) is 0 Å². The number of halogens is 1. The number of fused-ring (bicyclic) bond motifs is 2. The van der Waals surface area contributed by atoms with Crippen LogP contribution in [0.15, 0.2) is 35.1 Å². The molecule has 0 unspecified atom stereocenters. The summed E-state index contributed by atoms with van der Waals surface area (Å²) < 4.78 is 13.2. The van der Waals surface area contributed by atoms with Gasteiger partial charge in [0.1, 0.15) is 5.52 Å². The van der Waals surface area contributed by atoms with Gasteiger partial charge < -0.3 is 0 Å². The van der Waals surface area contributed by atoms with Crippen LogP contribution >= 0.6 is 0 Å². The lowest BCUT2D eigenvalue weighted by molar-refractivity contribution is 0.370. The molecule has 0 saturated carbocycles. The number of hydrogen-bond acceptors (Lipinski definition) is 2. The summed E-state index contributed by atoms with van der Waals surface area (Å²) in [5.41, 5.74) is 0.361. The lowest BCUT2D eigenvalue weighted by Crippen LogP contribution is -2.08. The Morgan fingerprint density at radius 2 is 2.13 bits per heavy atom. The van der Waals surface area contributed by atoms with E-state index in [0.717, 1.165) is 10.9 Å². The normalized spacial score (nSPS) is 11.3. The summed E-state index contributed by atoms with van der Waals surface area (Å²) in [5, 5.41) is 0.801. The van der Waals surface area contributed by atoms with Crippen LogP contribution in [0.25, 0.3) is 22.1 Å². The lowest BCUT2D eigenvalue weighted by Gasteiger charge is -1.95. The van der Waals surface area contributed by atoms with Gasteiger partial charge in [-0.05, 0) is 12.1 Å². The SMILES string of the molecule is O=c1[nH]c2nc3ccccc3cc2n1F. The first-order valence-electron chi connectivity index (χ1n) is 4.42. The van der Waals surface area contributed by atoms with Crippen molar-refractivity contribution in [2.75, 3.05) is 0 Å². The average molecular weight is 203 g/mol. The van der Waals surface area contributed by atoms with Gasteiger partial charge in [-0.15, -0.1) is 4.79 Å². The fourth-order valence-electron chi connectivity index (χ4n) is 1.61. The van der Waals surface area contributed by atoms with Crippen molar-refractivity contribution in [2.24, 2.45) is 0 Å². The number of para-hydroxylation sites is 1. The van der Waals surface area contributed by atoms with Gasteiger partial charge in [0.15, 0.2) is 5.65 Å². The number of nitrogens with one attached hydrogen (secondary N) is 1. The number of nitrogens with zero attached hydrogens (tertiary/aromatic N) is 2. The van der Waals surface area contributed by atoms with Gasteiger partial charge in [-0.25, -0.2) is 9.78 Å². The van der Waals surface area contributed by atoms with Crippen molar-refractivity contribution in [2.45, 2.75) is 0 Å². The van der Waals surface area contributed by atoms with Crippen molar-refractivity contribution in [3.8, 4) is 0 Å². The molecule has 0 aliphatic heterocycles. The van der Waals surface area contributed by atoms with Crippen molar-refractivity contribution in [3.05, 3.63) is 40.8 Å². The van der Waals surface area contributed by atoms with E-state index in [9.17, 15) is 9.28 Å². The van der Waals surface area contributed by atoms with Crippen LogP contribution in [-0.2, 0) is 0 Å². The number of imidazole rings is 1. The summed E-state index contributed by atoms with van der Waals surface area (Å²) in [6.07, 6.45) is 0. The largest absolute Gasteiger partial charge is 0.356 e. The number of H-pyrrole nitrogens is 1. The van der Waals surface area contributed by atoms with Crippen LogP contribution in [0.3, 0.4) is 0 Å². The minimum atomic E-state index is -0.798. The molecule has 74 valence electrons. The quantitative estimate of drug-likeness (QED) is 0.603. The molecule has 0 bridgehead atoms. The second-order valence-corrected chi connectivity index (χ2v) is 3.26.